The van der Waals surface area contributed by atoms with Crippen LogP contribution in [0.25, 0.3) is 10.8 Å². The number of ether oxygens (including phenoxy) is 2. The van der Waals surface area contributed by atoms with E-state index in [0.717, 1.165) is 0 Å². The van der Waals surface area contributed by atoms with Gasteiger partial charge < -0.3 is 14.8 Å². The van der Waals surface area contributed by atoms with Gasteiger partial charge in [0.05, 0.1) is 5.39 Å². The van der Waals surface area contributed by atoms with E-state index >= 15 is 0 Å². The van der Waals surface area contributed by atoms with Gasteiger partial charge in [0.15, 0.2) is 11.8 Å². The van der Waals surface area contributed by atoms with Gasteiger partial charge in [0.25, 0.3) is 11.5 Å². The van der Waals surface area contributed by atoms with Crippen molar-refractivity contribution in [3.05, 3.63) is 94.9 Å². The Morgan fingerprint density at radius 2 is 1.54 bits per heavy atom. The third-order valence-electron chi connectivity index (χ3n) is 5.25. The monoisotopic (exact) mass is 471 g/mol. The number of hydrogen-bond acceptors (Lipinski definition) is 6. The number of nitrogens with one attached hydrogen (secondary N) is 1. The van der Waals surface area contributed by atoms with Gasteiger partial charge >= 0.3 is 5.97 Å². The summed E-state index contributed by atoms with van der Waals surface area (Å²) in [7, 11) is 0. The number of rotatable bonds is 8. The van der Waals surface area contributed by atoms with Gasteiger partial charge in [-0.05, 0) is 55.8 Å². The maximum absolute atomic E-state index is 12.9. The zero-order valence-corrected chi connectivity index (χ0v) is 19.4. The molecule has 1 heterocycles. The molecule has 3 aromatic carbocycles. The van der Waals surface area contributed by atoms with Crippen molar-refractivity contribution in [2.45, 2.75) is 32.9 Å². The first kappa shape index (κ1) is 23.7. The Bertz CT molecular complexity index is 1400. The number of aromatic nitrogens is 2. The number of hydrogen-bond donors (Lipinski definition) is 1. The molecule has 8 nitrogen and oxygen atoms in total. The van der Waals surface area contributed by atoms with E-state index < -0.39 is 18.0 Å². The van der Waals surface area contributed by atoms with Crippen molar-refractivity contribution in [2.75, 3.05) is 5.32 Å². The van der Waals surface area contributed by atoms with Crippen LogP contribution >= 0.6 is 0 Å². The highest BCUT2D eigenvalue weighted by Crippen LogP contribution is 2.23. The van der Waals surface area contributed by atoms with Crippen LogP contribution in [0, 0.1) is 0 Å². The molecule has 1 N–H and O–H groups in total. The molecule has 1 unspecified atom stereocenters. The summed E-state index contributed by atoms with van der Waals surface area (Å²) in [5.74, 6) is 0.0478. The summed E-state index contributed by atoms with van der Waals surface area (Å²) in [5, 5.41) is 7.69. The summed E-state index contributed by atoms with van der Waals surface area (Å²) in [6, 6.07) is 22.9. The number of nitrogens with zero attached hydrogens (tertiary/aromatic N) is 2. The first-order chi connectivity index (χ1) is 17.0. The third-order valence-corrected chi connectivity index (χ3v) is 5.25. The Balaban J connectivity index is 1.44. The largest absolute Gasteiger partial charge is 0.457 e. The van der Waals surface area contributed by atoms with Crippen molar-refractivity contribution in [3.8, 4) is 11.5 Å². The second-order valence-corrected chi connectivity index (χ2v) is 7.90. The lowest BCUT2D eigenvalue weighted by molar-refractivity contribution is -0.123. The van der Waals surface area contributed by atoms with Crippen LogP contribution in [0.15, 0.2) is 83.7 Å². The van der Waals surface area contributed by atoms with E-state index in [-0.39, 0.29) is 11.3 Å². The molecule has 0 aliphatic rings. The summed E-state index contributed by atoms with van der Waals surface area (Å²) < 4.78 is 12.4. The van der Waals surface area contributed by atoms with Crippen LogP contribution in [0.5, 0.6) is 11.5 Å². The quantitative estimate of drug-likeness (QED) is 0.371. The van der Waals surface area contributed by atoms with Crippen LogP contribution in [0.3, 0.4) is 0 Å². The molecule has 0 aliphatic carbocycles. The lowest BCUT2D eigenvalue weighted by Gasteiger charge is -2.15. The highest BCUT2D eigenvalue weighted by Gasteiger charge is 2.23. The van der Waals surface area contributed by atoms with Crippen LogP contribution in [0.1, 0.15) is 30.8 Å². The van der Waals surface area contributed by atoms with Crippen LogP contribution < -0.4 is 15.6 Å². The number of fused-ring (bicyclic) bond motifs is 1. The molecule has 1 aromatic heterocycles. The minimum atomic E-state index is -1.09. The van der Waals surface area contributed by atoms with Crippen molar-refractivity contribution in [3.63, 3.8) is 0 Å². The van der Waals surface area contributed by atoms with Crippen molar-refractivity contribution < 1.29 is 19.1 Å². The van der Waals surface area contributed by atoms with E-state index in [4.69, 9.17) is 9.47 Å². The van der Waals surface area contributed by atoms with Gasteiger partial charge in [-0.25, -0.2) is 9.48 Å². The third kappa shape index (κ3) is 5.55. The molecule has 8 heteroatoms. The van der Waals surface area contributed by atoms with E-state index in [1.807, 2.05) is 37.3 Å². The highest BCUT2D eigenvalue weighted by molar-refractivity contribution is 6.03. The maximum atomic E-state index is 12.9. The molecule has 0 saturated heterocycles. The number of para-hydroxylation sites is 1. The topological polar surface area (TPSA) is 99.5 Å². The van der Waals surface area contributed by atoms with Crippen molar-refractivity contribution in [1.82, 2.24) is 9.78 Å². The number of anilines is 1. The van der Waals surface area contributed by atoms with Gasteiger partial charge in [0.2, 0.25) is 0 Å². The number of carbonyl (C=O) groups excluding carboxylic acids is 2. The molecule has 4 aromatic rings. The van der Waals surface area contributed by atoms with Gasteiger partial charge in [-0.3, -0.25) is 9.59 Å². The van der Waals surface area contributed by atoms with E-state index in [2.05, 4.69) is 10.4 Å². The van der Waals surface area contributed by atoms with Crippen molar-refractivity contribution >= 4 is 28.3 Å². The smallest absolute Gasteiger partial charge is 0.360 e. The second kappa shape index (κ2) is 10.6. The van der Waals surface area contributed by atoms with Crippen LogP contribution in [-0.4, -0.2) is 27.8 Å². The molecule has 0 saturated carbocycles. The number of esters is 1. The Kier molecular flexibility index (Phi) is 7.21. The van der Waals surface area contributed by atoms with E-state index in [1.165, 1.54) is 11.6 Å². The molecule has 178 valence electrons. The fourth-order valence-electron chi connectivity index (χ4n) is 3.49. The van der Waals surface area contributed by atoms with Crippen molar-refractivity contribution in [2.24, 2.45) is 0 Å². The number of amides is 1. The number of carbonyl (C=O) groups is 2. The molecular formula is C27H25N3O5. The van der Waals surface area contributed by atoms with E-state index in [1.54, 1.807) is 48.5 Å². The molecule has 0 radical (unpaired) electrons. The van der Waals surface area contributed by atoms with Gasteiger partial charge in [0.1, 0.15) is 11.5 Å². The zero-order chi connectivity index (χ0) is 24.8. The molecule has 0 bridgehead atoms. The molecule has 0 aliphatic heterocycles. The molecule has 0 fully saturated rings. The summed E-state index contributed by atoms with van der Waals surface area (Å²) in [4.78, 5) is 38.2. The van der Waals surface area contributed by atoms with Crippen LogP contribution in [0.2, 0.25) is 0 Å². The number of benzene rings is 3. The Labute approximate surface area is 202 Å². The predicted octanol–water partition coefficient (Wildman–Crippen LogP) is 4.78. The SMILES string of the molecule is CCCn1nc(C(=O)OC(C)C(=O)Nc2ccc(Oc3ccccc3)cc2)c2ccccc2c1=O. The minimum absolute atomic E-state index is 0.00397. The fraction of sp³-hybridized carbons (Fsp3) is 0.185. The number of aryl methyl sites for hydroxylation is 1. The molecule has 0 spiro atoms. The Hall–Kier alpha value is -4.46. The summed E-state index contributed by atoms with van der Waals surface area (Å²) >= 11 is 0. The average Bonchev–Trinajstić information content (AvgIpc) is 2.87. The fourth-order valence-corrected chi connectivity index (χ4v) is 3.49. The predicted molar refractivity (Wildman–Crippen MR) is 133 cm³/mol. The summed E-state index contributed by atoms with van der Waals surface area (Å²) in [6.07, 6.45) is -0.414. The first-order valence-electron chi connectivity index (χ1n) is 11.3. The van der Waals surface area contributed by atoms with E-state index in [0.29, 0.717) is 40.9 Å². The zero-order valence-electron chi connectivity index (χ0n) is 19.4. The van der Waals surface area contributed by atoms with Gasteiger partial charge in [-0.15, -0.1) is 0 Å². The normalized spacial score (nSPS) is 11.6. The molecule has 4 rings (SSSR count). The Morgan fingerprint density at radius 3 is 2.23 bits per heavy atom. The van der Waals surface area contributed by atoms with Crippen LogP contribution in [0.4, 0.5) is 5.69 Å². The van der Waals surface area contributed by atoms with Gasteiger partial charge in [0, 0.05) is 17.6 Å². The van der Waals surface area contributed by atoms with E-state index in [9.17, 15) is 14.4 Å². The molecule has 35 heavy (non-hydrogen) atoms. The Morgan fingerprint density at radius 1 is 0.914 bits per heavy atom. The van der Waals surface area contributed by atoms with Crippen molar-refractivity contribution in [1.29, 1.82) is 0 Å². The van der Waals surface area contributed by atoms with Crippen LogP contribution in [-0.2, 0) is 16.1 Å². The first-order valence-corrected chi connectivity index (χ1v) is 11.3. The lowest BCUT2D eigenvalue weighted by atomic mass is 10.1. The standard InChI is InChI=1S/C27H25N3O5/c1-3-17-30-26(32)23-12-8-7-11-22(23)24(29-30)27(33)34-18(2)25(31)28-19-13-15-21(16-14-19)35-20-9-5-4-6-10-20/h4-16,18H,3,17H2,1-2H3,(H,28,31). The highest BCUT2D eigenvalue weighted by atomic mass is 16.5. The summed E-state index contributed by atoms with van der Waals surface area (Å²) in [6.45, 7) is 3.75. The molecule has 1 atom stereocenters. The molecular weight excluding hydrogens is 446 g/mol. The average molecular weight is 472 g/mol. The summed E-state index contributed by atoms with van der Waals surface area (Å²) in [5.41, 5.74) is 0.249. The van der Waals surface area contributed by atoms with Gasteiger partial charge in [-0.1, -0.05) is 43.3 Å². The maximum Gasteiger partial charge on any atom is 0.360 e. The molecule has 1 amide bonds. The van der Waals surface area contributed by atoms with Gasteiger partial charge in [-0.2, -0.15) is 5.10 Å². The second-order valence-electron chi connectivity index (χ2n) is 7.90. The minimum Gasteiger partial charge on any atom is -0.457 e. The lowest BCUT2D eigenvalue weighted by Crippen LogP contribution is -2.32.